The molecular weight excluding hydrogens is 334 g/mol. The molecule has 0 fully saturated rings. The third-order valence-electron chi connectivity index (χ3n) is 3.75. The van der Waals surface area contributed by atoms with E-state index in [0.717, 1.165) is 22.4 Å². The number of hydrogen-bond acceptors (Lipinski definition) is 5. The zero-order valence-electron chi connectivity index (χ0n) is 13.8. The van der Waals surface area contributed by atoms with E-state index in [0.29, 0.717) is 23.7 Å². The number of carbonyl (C=O) groups excluding carboxylic acids is 2. The van der Waals surface area contributed by atoms with Gasteiger partial charge in [0.15, 0.2) is 0 Å². The summed E-state index contributed by atoms with van der Waals surface area (Å²) >= 11 is 1.37. The van der Waals surface area contributed by atoms with Crippen LogP contribution in [0.25, 0.3) is 10.6 Å². The molecule has 1 amide bonds. The summed E-state index contributed by atoms with van der Waals surface area (Å²) < 4.78 is 0. The van der Waals surface area contributed by atoms with Crippen LogP contribution in [0.4, 0.5) is 5.13 Å². The number of anilines is 1. The van der Waals surface area contributed by atoms with Gasteiger partial charge in [0.25, 0.3) is 0 Å². The lowest BCUT2D eigenvalue weighted by molar-refractivity contribution is -0.117. The molecule has 1 heterocycles. The first-order chi connectivity index (χ1) is 12.2. The number of nitrogens with zero attached hydrogens (tertiary/aromatic N) is 3. The lowest BCUT2D eigenvalue weighted by Crippen LogP contribution is -2.31. The Morgan fingerprint density at radius 1 is 1.08 bits per heavy atom. The fraction of sp³-hybridized carbons (Fsp3) is 0.158. The molecule has 0 unspecified atom stereocenters. The largest absolute Gasteiger partial charge is 0.298 e. The third kappa shape index (κ3) is 3.97. The van der Waals surface area contributed by atoms with Gasteiger partial charge >= 0.3 is 0 Å². The van der Waals surface area contributed by atoms with Gasteiger partial charge in [0.05, 0.1) is 6.42 Å². The molecule has 2 aromatic carbocycles. The van der Waals surface area contributed by atoms with Crippen LogP contribution in [0, 0.1) is 0 Å². The summed E-state index contributed by atoms with van der Waals surface area (Å²) in [7, 11) is 0. The van der Waals surface area contributed by atoms with Gasteiger partial charge in [0.1, 0.15) is 11.3 Å². The number of rotatable bonds is 6. The summed E-state index contributed by atoms with van der Waals surface area (Å²) in [5.41, 5.74) is 2.46. The van der Waals surface area contributed by atoms with Gasteiger partial charge in [-0.15, -0.1) is 10.2 Å². The molecule has 0 saturated heterocycles. The monoisotopic (exact) mass is 351 g/mol. The van der Waals surface area contributed by atoms with Crippen molar-refractivity contribution in [2.75, 3.05) is 11.4 Å². The fourth-order valence-corrected chi connectivity index (χ4v) is 3.36. The van der Waals surface area contributed by atoms with E-state index in [2.05, 4.69) is 10.2 Å². The maximum Gasteiger partial charge on any atom is 0.233 e. The normalized spacial score (nSPS) is 10.4. The maximum atomic E-state index is 12.6. The summed E-state index contributed by atoms with van der Waals surface area (Å²) in [6.45, 7) is 2.45. The van der Waals surface area contributed by atoms with Gasteiger partial charge in [-0.25, -0.2) is 0 Å². The molecule has 5 nitrogen and oxygen atoms in total. The molecule has 25 heavy (non-hydrogen) atoms. The van der Waals surface area contributed by atoms with E-state index in [4.69, 9.17) is 0 Å². The first-order valence-corrected chi connectivity index (χ1v) is 8.76. The minimum atomic E-state index is -0.00676. The van der Waals surface area contributed by atoms with Crippen molar-refractivity contribution in [3.05, 3.63) is 65.7 Å². The molecule has 0 aliphatic carbocycles. The molecule has 3 aromatic rings. The van der Waals surface area contributed by atoms with Crippen molar-refractivity contribution in [1.29, 1.82) is 0 Å². The Kier molecular flexibility index (Phi) is 5.30. The van der Waals surface area contributed by atoms with E-state index in [1.54, 1.807) is 17.0 Å². The lowest BCUT2D eigenvalue weighted by atomic mass is 10.1. The van der Waals surface area contributed by atoms with Crippen LogP contribution in [-0.2, 0) is 11.2 Å². The SMILES string of the molecule is CCN(C(=O)Cc1ccccc1)c1nnc(-c2ccc(C=O)cc2)s1. The predicted octanol–water partition coefficient (Wildman–Crippen LogP) is 3.61. The van der Waals surface area contributed by atoms with Crippen LogP contribution in [0.5, 0.6) is 0 Å². The highest BCUT2D eigenvalue weighted by molar-refractivity contribution is 7.18. The maximum absolute atomic E-state index is 12.6. The zero-order chi connectivity index (χ0) is 17.6. The molecule has 0 saturated carbocycles. The first-order valence-electron chi connectivity index (χ1n) is 7.94. The van der Waals surface area contributed by atoms with Crippen LogP contribution in [0.3, 0.4) is 0 Å². The quantitative estimate of drug-likeness (QED) is 0.637. The highest BCUT2D eigenvalue weighted by atomic mass is 32.1. The average molecular weight is 351 g/mol. The van der Waals surface area contributed by atoms with Gasteiger partial charge in [0.2, 0.25) is 11.0 Å². The van der Waals surface area contributed by atoms with E-state index >= 15 is 0 Å². The van der Waals surface area contributed by atoms with Gasteiger partial charge in [-0.1, -0.05) is 65.9 Å². The molecule has 0 bridgehead atoms. The molecule has 1 aromatic heterocycles. The van der Waals surface area contributed by atoms with E-state index in [1.165, 1.54) is 11.3 Å². The van der Waals surface area contributed by atoms with Gasteiger partial charge in [-0.2, -0.15) is 0 Å². The molecule has 126 valence electrons. The Hall–Kier alpha value is -2.86. The Bertz CT molecular complexity index is 860. The highest BCUT2D eigenvalue weighted by Crippen LogP contribution is 2.29. The van der Waals surface area contributed by atoms with Crippen LogP contribution in [0.1, 0.15) is 22.8 Å². The Morgan fingerprint density at radius 2 is 1.80 bits per heavy atom. The zero-order valence-corrected chi connectivity index (χ0v) is 14.6. The van der Waals surface area contributed by atoms with Gasteiger partial charge in [-0.05, 0) is 12.5 Å². The van der Waals surface area contributed by atoms with Crippen LogP contribution in [-0.4, -0.2) is 28.9 Å². The van der Waals surface area contributed by atoms with E-state index in [9.17, 15) is 9.59 Å². The van der Waals surface area contributed by atoms with E-state index in [1.807, 2.05) is 49.4 Å². The molecule has 6 heteroatoms. The summed E-state index contributed by atoms with van der Waals surface area (Å²) in [5.74, 6) is -0.00676. The second-order valence-electron chi connectivity index (χ2n) is 5.43. The number of hydrogen-bond donors (Lipinski definition) is 0. The minimum Gasteiger partial charge on any atom is -0.298 e. The van der Waals surface area contributed by atoms with Crippen molar-refractivity contribution < 1.29 is 9.59 Å². The Balaban J connectivity index is 1.78. The van der Waals surface area contributed by atoms with Crippen molar-refractivity contribution in [3.63, 3.8) is 0 Å². The topological polar surface area (TPSA) is 63.2 Å². The number of carbonyl (C=O) groups is 2. The van der Waals surface area contributed by atoms with Crippen molar-refractivity contribution >= 4 is 28.7 Å². The van der Waals surface area contributed by atoms with Gasteiger partial charge in [-0.3, -0.25) is 14.5 Å². The van der Waals surface area contributed by atoms with Crippen molar-refractivity contribution in [2.24, 2.45) is 0 Å². The summed E-state index contributed by atoms with van der Waals surface area (Å²) in [4.78, 5) is 25.0. The van der Waals surface area contributed by atoms with Gasteiger partial charge < -0.3 is 0 Å². The first kappa shape index (κ1) is 17.0. The molecular formula is C19H17N3O2S. The minimum absolute atomic E-state index is 0.00676. The molecule has 0 atom stereocenters. The molecule has 0 radical (unpaired) electrons. The number of amides is 1. The van der Waals surface area contributed by atoms with E-state index < -0.39 is 0 Å². The molecule has 0 spiro atoms. The second-order valence-corrected chi connectivity index (χ2v) is 6.39. The Labute approximate surface area is 150 Å². The van der Waals surface area contributed by atoms with Crippen LogP contribution in [0.2, 0.25) is 0 Å². The van der Waals surface area contributed by atoms with Crippen LogP contribution < -0.4 is 4.90 Å². The highest BCUT2D eigenvalue weighted by Gasteiger charge is 2.19. The van der Waals surface area contributed by atoms with Gasteiger partial charge in [0, 0.05) is 17.7 Å². The summed E-state index contributed by atoms with van der Waals surface area (Å²) in [6.07, 6.45) is 1.13. The second kappa shape index (κ2) is 7.81. The molecule has 0 N–H and O–H groups in total. The molecule has 3 rings (SSSR count). The Morgan fingerprint density at radius 3 is 2.44 bits per heavy atom. The van der Waals surface area contributed by atoms with Crippen LogP contribution >= 0.6 is 11.3 Å². The summed E-state index contributed by atoms with van der Waals surface area (Å²) in [6, 6.07) is 16.8. The molecule has 0 aliphatic heterocycles. The van der Waals surface area contributed by atoms with E-state index in [-0.39, 0.29) is 5.91 Å². The predicted molar refractivity (Wildman–Crippen MR) is 98.9 cm³/mol. The summed E-state index contributed by atoms with van der Waals surface area (Å²) in [5, 5.41) is 9.66. The lowest BCUT2D eigenvalue weighted by Gasteiger charge is -2.16. The average Bonchev–Trinajstić information content (AvgIpc) is 3.13. The number of likely N-dealkylation sites (N-methyl/N-ethyl adjacent to an activating group) is 1. The standard InChI is InChI=1S/C19H17N3O2S/c1-2-22(17(24)12-14-6-4-3-5-7-14)19-21-20-18(25-19)16-10-8-15(13-23)9-11-16/h3-11,13H,2,12H2,1H3. The number of benzene rings is 2. The number of aromatic nitrogens is 2. The van der Waals surface area contributed by atoms with Crippen molar-refractivity contribution in [3.8, 4) is 10.6 Å². The van der Waals surface area contributed by atoms with Crippen molar-refractivity contribution in [2.45, 2.75) is 13.3 Å². The molecule has 0 aliphatic rings. The third-order valence-corrected chi connectivity index (χ3v) is 4.75. The number of aldehydes is 1. The van der Waals surface area contributed by atoms with Crippen molar-refractivity contribution in [1.82, 2.24) is 10.2 Å². The smallest absolute Gasteiger partial charge is 0.233 e. The van der Waals surface area contributed by atoms with Crippen LogP contribution in [0.15, 0.2) is 54.6 Å². The fourth-order valence-electron chi connectivity index (χ4n) is 2.43.